The van der Waals surface area contributed by atoms with E-state index in [-0.39, 0.29) is 11.6 Å². The van der Waals surface area contributed by atoms with Crippen molar-refractivity contribution in [1.29, 1.82) is 0 Å². The van der Waals surface area contributed by atoms with Crippen LogP contribution in [0.4, 0.5) is 4.79 Å². The van der Waals surface area contributed by atoms with Gasteiger partial charge in [0.25, 0.3) is 0 Å². The van der Waals surface area contributed by atoms with Crippen LogP contribution in [0, 0.1) is 5.92 Å². The molecule has 1 aliphatic carbocycles. The van der Waals surface area contributed by atoms with E-state index in [0.29, 0.717) is 12.5 Å². The minimum absolute atomic E-state index is 0.131. The smallest absolute Gasteiger partial charge is 0.316 e. The lowest BCUT2D eigenvalue weighted by Gasteiger charge is -2.34. The average molecular weight is 282 g/mol. The molecule has 5 heteroatoms. The number of azo groups is 1. The molecule has 0 unspecified atom stereocenters. The first kappa shape index (κ1) is 16.9. The minimum atomic E-state index is -0.507. The molecule has 2 amide bonds. The second-order valence-electron chi connectivity index (χ2n) is 7.19. The average Bonchev–Trinajstić information content (AvgIpc) is 2.34. The van der Waals surface area contributed by atoms with Crippen molar-refractivity contribution in [3.63, 3.8) is 0 Å². The Morgan fingerprint density at radius 1 is 1.20 bits per heavy atom. The molecule has 2 N–H and O–H groups in total. The van der Waals surface area contributed by atoms with Crippen LogP contribution in [0.15, 0.2) is 10.2 Å². The molecule has 1 rings (SSSR count). The standard InChI is InChI=1S/C15H30N4O/c1-12(2)11-16-13(20)17-15(9-7-6-8-10-15)19-18-14(3,4)5/h12H,6-11H2,1-5H3,(H2,16,17,20)/b19-18+. The molecule has 0 bridgehead atoms. The fraction of sp³-hybridized carbons (Fsp3) is 0.933. The van der Waals surface area contributed by atoms with E-state index in [9.17, 15) is 4.79 Å². The summed E-state index contributed by atoms with van der Waals surface area (Å²) in [6.07, 6.45) is 5.15. The lowest BCUT2D eigenvalue weighted by molar-refractivity contribution is 0.198. The van der Waals surface area contributed by atoms with Gasteiger partial charge >= 0.3 is 6.03 Å². The molecule has 0 atom stereocenters. The predicted octanol–water partition coefficient (Wildman–Crippen LogP) is 3.85. The summed E-state index contributed by atoms with van der Waals surface area (Å²) in [5.74, 6) is 0.444. The Morgan fingerprint density at radius 3 is 2.30 bits per heavy atom. The number of carbonyl (C=O) groups is 1. The van der Waals surface area contributed by atoms with Gasteiger partial charge in [-0.1, -0.05) is 20.3 Å². The second kappa shape index (κ2) is 7.04. The Labute approximate surface area is 123 Å². The summed E-state index contributed by atoms with van der Waals surface area (Å²) >= 11 is 0. The highest BCUT2D eigenvalue weighted by molar-refractivity contribution is 5.74. The lowest BCUT2D eigenvalue weighted by Crippen LogP contribution is -2.52. The van der Waals surface area contributed by atoms with Crippen LogP contribution in [-0.2, 0) is 0 Å². The molecule has 1 saturated carbocycles. The van der Waals surface area contributed by atoms with Gasteiger partial charge in [0, 0.05) is 6.54 Å². The monoisotopic (exact) mass is 282 g/mol. The van der Waals surface area contributed by atoms with E-state index in [0.717, 1.165) is 25.7 Å². The zero-order valence-corrected chi connectivity index (χ0v) is 13.6. The molecular weight excluding hydrogens is 252 g/mol. The van der Waals surface area contributed by atoms with Gasteiger partial charge in [0.1, 0.15) is 0 Å². The molecule has 20 heavy (non-hydrogen) atoms. The Bertz CT molecular complexity index is 338. The van der Waals surface area contributed by atoms with Crippen LogP contribution >= 0.6 is 0 Å². The van der Waals surface area contributed by atoms with Gasteiger partial charge in [0.2, 0.25) is 0 Å². The van der Waals surface area contributed by atoms with Crippen molar-refractivity contribution in [2.75, 3.05) is 6.54 Å². The molecule has 1 fully saturated rings. The molecular formula is C15H30N4O. The number of nitrogens with one attached hydrogen (secondary N) is 2. The van der Waals surface area contributed by atoms with Crippen LogP contribution in [0.1, 0.15) is 66.7 Å². The molecule has 116 valence electrons. The van der Waals surface area contributed by atoms with Crippen LogP contribution in [0.3, 0.4) is 0 Å². The van der Waals surface area contributed by atoms with Gasteiger partial charge in [-0.25, -0.2) is 4.79 Å². The van der Waals surface area contributed by atoms with Gasteiger partial charge in [0.15, 0.2) is 5.66 Å². The maximum absolute atomic E-state index is 12.0. The Kier molecular flexibility index (Phi) is 5.96. The Morgan fingerprint density at radius 2 is 1.80 bits per heavy atom. The van der Waals surface area contributed by atoms with Gasteiger partial charge in [-0.15, -0.1) is 0 Å². The molecule has 0 radical (unpaired) electrons. The van der Waals surface area contributed by atoms with Crippen molar-refractivity contribution in [1.82, 2.24) is 10.6 Å². The van der Waals surface area contributed by atoms with Crippen molar-refractivity contribution in [3.05, 3.63) is 0 Å². The number of nitrogens with zero attached hydrogens (tertiary/aromatic N) is 2. The van der Waals surface area contributed by atoms with Gasteiger partial charge in [-0.3, -0.25) is 0 Å². The Balaban J connectivity index is 2.68. The van der Waals surface area contributed by atoms with Crippen molar-refractivity contribution in [2.24, 2.45) is 16.1 Å². The summed E-state index contributed by atoms with van der Waals surface area (Å²) in [6.45, 7) is 10.9. The minimum Gasteiger partial charge on any atom is -0.338 e. The second-order valence-corrected chi connectivity index (χ2v) is 7.19. The normalized spacial score (nSPS) is 19.3. The number of urea groups is 1. The summed E-state index contributed by atoms with van der Waals surface area (Å²) in [6, 6.07) is -0.131. The SMILES string of the molecule is CC(C)CNC(=O)NC1(/N=N/C(C)(C)C)CCCCC1. The van der Waals surface area contributed by atoms with E-state index >= 15 is 0 Å². The molecule has 0 aromatic rings. The van der Waals surface area contributed by atoms with E-state index in [4.69, 9.17) is 0 Å². The number of rotatable bonds is 4. The summed E-state index contributed by atoms with van der Waals surface area (Å²) < 4.78 is 0. The number of amides is 2. The fourth-order valence-corrected chi connectivity index (χ4v) is 2.18. The van der Waals surface area contributed by atoms with Gasteiger partial charge in [0.05, 0.1) is 5.54 Å². The fourth-order valence-electron chi connectivity index (χ4n) is 2.18. The van der Waals surface area contributed by atoms with E-state index in [2.05, 4.69) is 34.7 Å². The molecule has 5 nitrogen and oxygen atoms in total. The zero-order chi connectivity index (χ0) is 15.2. The summed E-state index contributed by atoms with van der Waals surface area (Å²) in [4.78, 5) is 12.0. The lowest BCUT2D eigenvalue weighted by atomic mass is 9.89. The first-order valence-electron chi connectivity index (χ1n) is 7.72. The summed E-state index contributed by atoms with van der Waals surface area (Å²) in [5.41, 5.74) is -0.715. The van der Waals surface area contributed by atoms with Crippen LogP contribution in [0.25, 0.3) is 0 Å². The highest BCUT2D eigenvalue weighted by Gasteiger charge is 2.34. The largest absolute Gasteiger partial charge is 0.338 e. The highest BCUT2D eigenvalue weighted by Crippen LogP contribution is 2.30. The molecule has 0 aromatic heterocycles. The van der Waals surface area contributed by atoms with Crippen molar-refractivity contribution in [2.45, 2.75) is 77.9 Å². The predicted molar refractivity (Wildman–Crippen MR) is 81.8 cm³/mol. The van der Waals surface area contributed by atoms with Crippen molar-refractivity contribution >= 4 is 6.03 Å². The van der Waals surface area contributed by atoms with Gasteiger partial charge in [-0.05, 0) is 52.4 Å². The maximum Gasteiger partial charge on any atom is 0.316 e. The quantitative estimate of drug-likeness (QED) is 0.756. The molecule has 0 aliphatic heterocycles. The third kappa shape index (κ3) is 6.35. The molecule has 0 heterocycles. The van der Waals surface area contributed by atoms with E-state index in [1.165, 1.54) is 6.42 Å². The van der Waals surface area contributed by atoms with E-state index in [1.807, 2.05) is 20.8 Å². The first-order chi connectivity index (χ1) is 9.22. The molecule has 0 saturated heterocycles. The van der Waals surface area contributed by atoms with Crippen molar-refractivity contribution in [3.8, 4) is 0 Å². The molecule has 0 spiro atoms. The third-order valence-corrected chi connectivity index (χ3v) is 3.24. The topological polar surface area (TPSA) is 65.8 Å². The zero-order valence-electron chi connectivity index (χ0n) is 13.6. The number of carbonyl (C=O) groups excluding carboxylic acids is 1. The van der Waals surface area contributed by atoms with Crippen LogP contribution in [-0.4, -0.2) is 23.8 Å². The number of hydrogen-bond acceptors (Lipinski definition) is 3. The van der Waals surface area contributed by atoms with Crippen molar-refractivity contribution < 1.29 is 4.79 Å². The van der Waals surface area contributed by atoms with Crippen LogP contribution in [0.5, 0.6) is 0 Å². The molecule has 1 aliphatic rings. The van der Waals surface area contributed by atoms with Crippen LogP contribution in [0.2, 0.25) is 0 Å². The number of hydrogen-bond donors (Lipinski definition) is 2. The first-order valence-corrected chi connectivity index (χ1v) is 7.72. The third-order valence-electron chi connectivity index (χ3n) is 3.24. The maximum atomic E-state index is 12.0. The van der Waals surface area contributed by atoms with E-state index < -0.39 is 5.66 Å². The highest BCUT2D eigenvalue weighted by atomic mass is 16.2. The summed E-state index contributed by atoms with van der Waals surface area (Å²) in [7, 11) is 0. The van der Waals surface area contributed by atoms with Crippen LogP contribution < -0.4 is 10.6 Å². The summed E-state index contributed by atoms with van der Waals surface area (Å²) in [5, 5.41) is 14.8. The Hall–Kier alpha value is -1.13. The van der Waals surface area contributed by atoms with E-state index in [1.54, 1.807) is 0 Å². The van der Waals surface area contributed by atoms with Gasteiger partial charge in [-0.2, -0.15) is 10.2 Å². The molecule has 0 aromatic carbocycles. The van der Waals surface area contributed by atoms with Gasteiger partial charge < -0.3 is 10.6 Å².